The lowest BCUT2D eigenvalue weighted by Crippen LogP contribution is -1.96. The van der Waals surface area contributed by atoms with E-state index in [1.165, 1.54) is 33.4 Å². The first kappa shape index (κ1) is 24.9. The van der Waals surface area contributed by atoms with E-state index in [0.717, 1.165) is 53.2 Å². The zero-order chi connectivity index (χ0) is 25.6. The fourth-order valence-corrected chi connectivity index (χ4v) is 4.94. The first-order chi connectivity index (χ1) is 18.0. The molecule has 2 aromatic heterocycles. The standard InChI is InChI=1S/C34H31ClN2/c1-24-15-17-36-33(19-24)30-11-7-26(8-12-30)3-5-28-21-29(23-32(35)22-28)6-4-27-9-13-31(14-10-27)34-20-25(2)16-18-37-34/h7-23H,3-6H2,1-2H3. The van der Waals surface area contributed by atoms with Crippen LogP contribution in [0.15, 0.2) is 103 Å². The Bertz CT molecular complexity index is 1380. The van der Waals surface area contributed by atoms with E-state index in [1.807, 2.05) is 24.5 Å². The van der Waals surface area contributed by atoms with Crippen molar-refractivity contribution in [1.82, 2.24) is 9.97 Å². The van der Waals surface area contributed by atoms with Crippen LogP contribution in [0.3, 0.4) is 0 Å². The zero-order valence-corrected chi connectivity index (χ0v) is 22.2. The van der Waals surface area contributed by atoms with Crippen molar-refractivity contribution >= 4 is 11.6 Å². The summed E-state index contributed by atoms with van der Waals surface area (Å²) in [4.78, 5) is 8.99. The highest BCUT2D eigenvalue weighted by atomic mass is 35.5. The summed E-state index contributed by atoms with van der Waals surface area (Å²) in [5.41, 5.74) is 12.0. The molecular formula is C34H31ClN2. The average Bonchev–Trinajstić information content (AvgIpc) is 2.91. The lowest BCUT2D eigenvalue weighted by atomic mass is 9.98. The maximum atomic E-state index is 6.50. The van der Waals surface area contributed by atoms with Crippen LogP contribution in [0.2, 0.25) is 5.02 Å². The zero-order valence-electron chi connectivity index (χ0n) is 21.4. The Hall–Kier alpha value is -3.75. The summed E-state index contributed by atoms with van der Waals surface area (Å²) in [5, 5.41) is 0.814. The number of nitrogens with zero attached hydrogens (tertiary/aromatic N) is 2. The molecule has 0 saturated carbocycles. The molecule has 0 N–H and O–H groups in total. The SMILES string of the molecule is Cc1ccnc(-c2ccc(CCc3cc(Cl)cc(CCc4ccc(-c5cc(C)ccn5)cc4)c3)cc2)c1. The van der Waals surface area contributed by atoms with E-state index < -0.39 is 0 Å². The van der Waals surface area contributed by atoms with E-state index in [9.17, 15) is 0 Å². The molecule has 0 fully saturated rings. The van der Waals surface area contributed by atoms with Gasteiger partial charge in [-0.05, 0) is 109 Å². The third-order valence-corrected chi connectivity index (χ3v) is 6.97. The van der Waals surface area contributed by atoms with E-state index in [1.54, 1.807) is 0 Å². The Kier molecular flexibility index (Phi) is 7.77. The molecule has 0 bridgehead atoms. The first-order valence-electron chi connectivity index (χ1n) is 12.8. The number of hydrogen-bond donors (Lipinski definition) is 0. The second-order valence-electron chi connectivity index (χ2n) is 9.80. The fraction of sp³-hybridized carbons (Fsp3) is 0.176. The summed E-state index contributed by atoms with van der Waals surface area (Å²) >= 11 is 6.50. The van der Waals surface area contributed by atoms with Crippen LogP contribution in [0.5, 0.6) is 0 Å². The van der Waals surface area contributed by atoms with Crippen molar-refractivity contribution in [1.29, 1.82) is 0 Å². The predicted octanol–water partition coefficient (Wildman–Crippen LogP) is 8.65. The Balaban J connectivity index is 1.19. The van der Waals surface area contributed by atoms with Crippen LogP contribution in [-0.4, -0.2) is 9.97 Å². The Morgan fingerprint density at radius 3 is 1.30 bits per heavy atom. The minimum atomic E-state index is 0.814. The van der Waals surface area contributed by atoms with Gasteiger partial charge in [0.05, 0.1) is 11.4 Å². The number of aromatic nitrogens is 2. The van der Waals surface area contributed by atoms with E-state index in [-0.39, 0.29) is 0 Å². The summed E-state index contributed by atoms with van der Waals surface area (Å²) in [6.45, 7) is 4.19. The normalized spacial score (nSPS) is 11.0. The van der Waals surface area contributed by atoms with Crippen LogP contribution >= 0.6 is 11.6 Å². The maximum Gasteiger partial charge on any atom is 0.0704 e. The van der Waals surface area contributed by atoms with Gasteiger partial charge in [-0.1, -0.05) is 66.2 Å². The molecule has 3 aromatic carbocycles. The quantitative estimate of drug-likeness (QED) is 0.212. The molecule has 0 aliphatic heterocycles. The number of aryl methyl sites for hydroxylation is 6. The molecule has 184 valence electrons. The Morgan fingerprint density at radius 2 is 0.892 bits per heavy atom. The Labute approximate surface area is 225 Å². The van der Waals surface area contributed by atoms with Gasteiger partial charge in [-0.2, -0.15) is 0 Å². The van der Waals surface area contributed by atoms with E-state index in [0.29, 0.717) is 0 Å². The largest absolute Gasteiger partial charge is 0.256 e. The summed E-state index contributed by atoms with van der Waals surface area (Å²) in [6.07, 6.45) is 7.63. The predicted molar refractivity (Wildman–Crippen MR) is 155 cm³/mol. The minimum absolute atomic E-state index is 0.814. The molecule has 37 heavy (non-hydrogen) atoms. The molecule has 0 aliphatic carbocycles. The highest BCUT2D eigenvalue weighted by Gasteiger charge is 2.05. The van der Waals surface area contributed by atoms with E-state index in [4.69, 9.17) is 11.6 Å². The van der Waals surface area contributed by atoms with Crippen LogP contribution in [0, 0.1) is 13.8 Å². The lowest BCUT2D eigenvalue weighted by Gasteiger charge is -2.09. The molecule has 0 aliphatic rings. The fourth-order valence-electron chi connectivity index (χ4n) is 4.66. The average molecular weight is 503 g/mol. The molecule has 5 rings (SSSR count). The van der Waals surface area contributed by atoms with Crippen LogP contribution in [0.1, 0.15) is 33.4 Å². The maximum absolute atomic E-state index is 6.50. The van der Waals surface area contributed by atoms with Gasteiger partial charge in [0.1, 0.15) is 0 Å². The summed E-state index contributed by atoms with van der Waals surface area (Å²) < 4.78 is 0. The number of pyridine rings is 2. The molecule has 2 heterocycles. The molecule has 0 radical (unpaired) electrons. The Morgan fingerprint density at radius 1 is 0.486 bits per heavy atom. The van der Waals surface area contributed by atoms with Gasteiger partial charge in [0.2, 0.25) is 0 Å². The van der Waals surface area contributed by atoms with Crippen LogP contribution < -0.4 is 0 Å². The highest BCUT2D eigenvalue weighted by Crippen LogP contribution is 2.23. The van der Waals surface area contributed by atoms with Crippen LogP contribution in [0.25, 0.3) is 22.5 Å². The van der Waals surface area contributed by atoms with E-state index >= 15 is 0 Å². The van der Waals surface area contributed by atoms with Crippen molar-refractivity contribution < 1.29 is 0 Å². The van der Waals surface area contributed by atoms with Gasteiger partial charge in [0.25, 0.3) is 0 Å². The van der Waals surface area contributed by atoms with Crippen molar-refractivity contribution in [3.8, 4) is 22.5 Å². The van der Waals surface area contributed by atoms with Gasteiger partial charge in [0, 0.05) is 28.5 Å². The van der Waals surface area contributed by atoms with Gasteiger partial charge >= 0.3 is 0 Å². The molecule has 0 amide bonds. The smallest absolute Gasteiger partial charge is 0.0704 e. The summed E-state index contributed by atoms with van der Waals surface area (Å²) in [7, 11) is 0. The van der Waals surface area contributed by atoms with Crippen molar-refractivity contribution in [3.05, 3.63) is 142 Å². The molecule has 0 atom stereocenters. The first-order valence-corrected chi connectivity index (χ1v) is 13.2. The molecule has 5 aromatic rings. The monoisotopic (exact) mass is 502 g/mol. The third-order valence-electron chi connectivity index (χ3n) is 6.75. The van der Waals surface area contributed by atoms with Gasteiger partial charge in [0.15, 0.2) is 0 Å². The van der Waals surface area contributed by atoms with Gasteiger partial charge < -0.3 is 0 Å². The van der Waals surface area contributed by atoms with E-state index in [2.05, 4.69) is 103 Å². The number of hydrogen-bond acceptors (Lipinski definition) is 2. The van der Waals surface area contributed by atoms with Gasteiger partial charge in [-0.3, -0.25) is 9.97 Å². The highest BCUT2D eigenvalue weighted by molar-refractivity contribution is 6.30. The molecule has 0 saturated heterocycles. The molecule has 3 heteroatoms. The minimum Gasteiger partial charge on any atom is -0.256 e. The summed E-state index contributed by atoms with van der Waals surface area (Å²) in [5.74, 6) is 0. The van der Waals surface area contributed by atoms with Crippen molar-refractivity contribution in [2.24, 2.45) is 0 Å². The number of benzene rings is 3. The molecule has 2 nitrogen and oxygen atoms in total. The molecular weight excluding hydrogens is 472 g/mol. The number of halogens is 1. The van der Waals surface area contributed by atoms with Crippen molar-refractivity contribution in [3.63, 3.8) is 0 Å². The van der Waals surface area contributed by atoms with Crippen LogP contribution in [0.4, 0.5) is 0 Å². The molecule has 0 unspecified atom stereocenters. The number of rotatable bonds is 8. The lowest BCUT2D eigenvalue weighted by molar-refractivity contribution is 0.931. The second kappa shape index (κ2) is 11.5. The third kappa shape index (κ3) is 6.72. The topological polar surface area (TPSA) is 25.8 Å². The van der Waals surface area contributed by atoms with Gasteiger partial charge in [-0.15, -0.1) is 0 Å². The van der Waals surface area contributed by atoms with Crippen molar-refractivity contribution in [2.45, 2.75) is 39.5 Å². The van der Waals surface area contributed by atoms with Crippen LogP contribution in [-0.2, 0) is 25.7 Å². The van der Waals surface area contributed by atoms with Gasteiger partial charge in [-0.25, -0.2) is 0 Å². The molecule has 0 spiro atoms. The van der Waals surface area contributed by atoms with Crippen molar-refractivity contribution in [2.75, 3.05) is 0 Å². The summed E-state index contributed by atoms with van der Waals surface area (Å²) in [6, 6.07) is 32.3. The second-order valence-corrected chi connectivity index (χ2v) is 10.2.